The van der Waals surface area contributed by atoms with Gasteiger partial charge in [0.2, 0.25) is 0 Å². The number of aliphatic hydroxyl groups excluding tert-OH is 2. The van der Waals surface area contributed by atoms with Crippen LogP contribution in [0.3, 0.4) is 0 Å². The lowest BCUT2D eigenvalue weighted by molar-refractivity contribution is -0.0950. The van der Waals surface area contributed by atoms with E-state index in [1.807, 2.05) is 0 Å². The lowest BCUT2D eigenvalue weighted by Crippen LogP contribution is -2.44. The maximum Gasteiger partial charge on any atom is 0.168 e. The molecule has 0 radical (unpaired) electrons. The summed E-state index contributed by atoms with van der Waals surface area (Å²) in [4.78, 5) is 12.0. The molecule has 3 heterocycles. The van der Waals surface area contributed by atoms with Crippen molar-refractivity contribution in [2.75, 3.05) is 12.3 Å². The van der Waals surface area contributed by atoms with Gasteiger partial charge >= 0.3 is 0 Å². The number of anilines is 1. The molecule has 108 valence electrons. The van der Waals surface area contributed by atoms with Crippen LogP contribution in [0, 0.1) is 0 Å². The molecule has 3 rings (SSSR count). The Morgan fingerprint density at radius 2 is 2.20 bits per heavy atom. The molecule has 20 heavy (non-hydrogen) atoms. The van der Waals surface area contributed by atoms with Crippen molar-refractivity contribution in [3.05, 3.63) is 12.7 Å². The number of rotatable bonds is 2. The summed E-state index contributed by atoms with van der Waals surface area (Å²) in [5.74, 6) is 0.214. The number of hydrogen-bond acceptors (Lipinski definition) is 8. The average Bonchev–Trinajstić information content (AvgIpc) is 2.92. The third-order valence-electron chi connectivity index (χ3n) is 3.57. The molecule has 1 fully saturated rings. The topological polar surface area (TPSA) is 140 Å². The molecule has 0 aromatic carbocycles. The molecule has 2 aromatic heterocycles. The molecule has 9 heteroatoms. The maximum absolute atomic E-state index is 10.4. The van der Waals surface area contributed by atoms with Crippen LogP contribution in [0.1, 0.15) is 13.2 Å². The zero-order valence-electron chi connectivity index (χ0n) is 10.7. The molecule has 9 nitrogen and oxygen atoms in total. The van der Waals surface area contributed by atoms with Crippen LogP contribution >= 0.6 is 0 Å². The van der Waals surface area contributed by atoms with E-state index >= 15 is 0 Å². The van der Waals surface area contributed by atoms with Crippen molar-refractivity contribution >= 4 is 17.0 Å². The predicted molar refractivity (Wildman–Crippen MR) is 67.4 cm³/mol. The van der Waals surface area contributed by atoms with Crippen LogP contribution in [0.4, 0.5) is 5.82 Å². The zero-order valence-corrected chi connectivity index (χ0v) is 10.7. The van der Waals surface area contributed by atoms with Crippen LogP contribution in [-0.2, 0) is 4.74 Å². The minimum Gasteiger partial charge on any atom is -0.394 e. The van der Waals surface area contributed by atoms with Crippen LogP contribution < -0.4 is 5.73 Å². The number of imidazole rings is 1. The average molecular weight is 281 g/mol. The van der Waals surface area contributed by atoms with Crippen LogP contribution in [0.5, 0.6) is 0 Å². The van der Waals surface area contributed by atoms with E-state index in [-0.39, 0.29) is 5.82 Å². The molecule has 5 N–H and O–H groups in total. The molecule has 0 amide bonds. The van der Waals surface area contributed by atoms with Gasteiger partial charge < -0.3 is 25.8 Å². The van der Waals surface area contributed by atoms with Gasteiger partial charge in [0.25, 0.3) is 0 Å². The fraction of sp³-hybridized carbons (Fsp3) is 0.545. The first kappa shape index (κ1) is 13.2. The second-order valence-electron chi connectivity index (χ2n) is 4.96. The number of aliphatic hydroxyl groups is 3. The van der Waals surface area contributed by atoms with E-state index in [2.05, 4.69) is 15.0 Å². The van der Waals surface area contributed by atoms with Gasteiger partial charge in [0.15, 0.2) is 17.7 Å². The van der Waals surface area contributed by atoms with E-state index in [1.165, 1.54) is 24.1 Å². The van der Waals surface area contributed by atoms with Gasteiger partial charge in [-0.15, -0.1) is 0 Å². The Bertz CT molecular complexity index is 643. The molecule has 0 bridgehead atoms. The first-order valence-electron chi connectivity index (χ1n) is 6.06. The van der Waals surface area contributed by atoms with Crippen molar-refractivity contribution in [3.8, 4) is 0 Å². The van der Waals surface area contributed by atoms with Gasteiger partial charge in [-0.2, -0.15) is 0 Å². The lowest BCUT2D eigenvalue weighted by atomic mass is 9.96. The van der Waals surface area contributed by atoms with Gasteiger partial charge in [-0.25, -0.2) is 15.0 Å². The summed E-state index contributed by atoms with van der Waals surface area (Å²) in [7, 11) is 0. The highest BCUT2D eigenvalue weighted by Crippen LogP contribution is 2.39. The summed E-state index contributed by atoms with van der Waals surface area (Å²) in [6.07, 6.45) is -0.365. The monoisotopic (exact) mass is 281 g/mol. The molecule has 1 aliphatic rings. The minimum absolute atomic E-state index is 0.214. The summed E-state index contributed by atoms with van der Waals surface area (Å²) in [6.45, 7) is 1.02. The number of ether oxygens (including phenoxy) is 1. The van der Waals surface area contributed by atoms with E-state index in [1.54, 1.807) is 0 Å². The van der Waals surface area contributed by atoms with E-state index < -0.39 is 30.6 Å². The van der Waals surface area contributed by atoms with Crippen LogP contribution in [-0.4, -0.2) is 59.3 Å². The third-order valence-corrected chi connectivity index (χ3v) is 3.57. The highest BCUT2D eigenvalue weighted by atomic mass is 16.6. The normalized spacial score (nSPS) is 33.9. The van der Waals surface area contributed by atoms with Gasteiger partial charge in [0, 0.05) is 0 Å². The van der Waals surface area contributed by atoms with Crippen LogP contribution in [0.25, 0.3) is 11.2 Å². The number of nitrogens with two attached hydrogens (primary N) is 1. The fourth-order valence-corrected chi connectivity index (χ4v) is 2.43. The number of nitrogens with zero attached hydrogens (tertiary/aromatic N) is 4. The molecule has 0 spiro atoms. The van der Waals surface area contributed by atoms with Crippen molar-refractivity contribution in [1.82, 2.24) is 19.5 Å². The predicted octanol–water partition coefficient (Wildman–Crippen LogP) is -1.59. The van der Waals surface area contributed by atoms with Gasteiger partial charge in [-0.1, -0.05) is 0 Å². The van der Waals surface area contributed by atoms with Crippen molar-refractivity contribution in [3.63, 3.8) is 0 Å². The SMILES string of the molecule is C[C@@]1(O)[C@H](O)[C@@H](CO)O[C@H]1n1cnc2c(N)ncnc21. The quantitative estimate of drug-likeness (QED) is 0.516. The number of nitrogen functional groups attached to an aromatic ring is 1. The Kier molecular flexibility index (Phi) is 2.87. The number of aromatic nitrogens is 4. The Hall–Kier alpha value is -1.81. The molecular formula is C11H15N5O4. The zero-order chi connectivity index (χ0) is 14.5. The minimum atomic E-state index is -1.60. The molecule has 0 aliphatic carbocycles. The highest BCUT2D eigenvalue weighted by molar-refractivity contribution is 5.81. The summed E-state index contributed by atoms with van der Waals surface area (Å²) < 4.78 is 6.97. The molecule has 0 saturated carbocycles. The van der Waals surface area contributed by atoms with Crippen molar-refractivity contribution in [1.29, 1.82) is 0 Å². The Morgan fingerprint density at radius 1 is 1.45 bits per heavy atom. The van der Waals surface area contributed by atoms with Crippen molar-refractivity contribution < 1.29 is 20.1 Å². The maximum atomic E-state index is 10.4. The largest absolute Gasteiger partial charge is 0.394 e. The van der Waals surface area contributed by atoms with E-state index in [4.69, 9.17) is 10.5 Å². The van der Waals surface area contributed by atoms with Crippen molar-refractivity contribution in [2.24, 2.45) is 0 Å². The van der Waals surface area contributed by atoms with Crippen molar-refractivity contribution in [2.45, 2.75) is 31.0 Å². The number of fused-ring (bicyclic) bond motifs is 1. The molecule has 1 aliphatic heterocycles. The Morgan fingerprint density at radius 3 is 2.85 bits per heavy atom. The Balaban J connectivity index is 2.10. The third kappa shape index (κ3) is 1.68. The standard InChI is InChI=1S/C11H15N5O4/c1-11(19)7(18)5(2-17)20-10(11)16-4-15-6-8(12)13-3-14-9(6)16/h3-5,7,10,17-19H,2H2,1H3,(H2,12,13,14)/t5-,7-,10-,11-/m1/s1. The fourth-order valence-electron chi connectivity index (χ4n) is 2.43. The first-order chi connectivity index (χ1) is 9.46. The molecule has 1 saturated heterocycles. The second-order valence-corrected chi connectivity index (χ2v) is 4.96. The number of hydrogen-bond donors (Lipinski definition) is 4. The second kappa shape index (κ2) is 4.35. The van der Waals surface area contributed by atoms with E-state index in [0.29, 0.717) is 11.2 Å². The molecule has 4 atom stereocenters. The van der Waals surface area contributed by atoms with Gasteiger partial charge in [0.05, 0.1) is 12.9 Å². The van der Waals surface area contributed by atoms with Gasteiger partial charge in [-0.3, -0.25) is 4.57 Å². The van der Waals surface area contributed by atoms with Gasteiger partial charge in [0.1, 0.15) is 29.7 Å². The summed E-state index contributed by atoms with van der Waals surface area (Å²) in [5, 5.41) is 29.6. The van der Waals surface area contributed by atoms with Gasteiger partial charge in [-0.05, 0) is 6.92 Å². The lowest BCUT2D eigenvalue weighted by Gasteiger charge is -2.27. The summed E-state index contributed by atoms with van der Waals surface area (Å²) in [5.41, 5.74) is 4.87. The summed E-state index contributed by atoms with van der Waals surface area (Å²) in [6, 6.07) is 0. The smallest absolute Gasteiger partial charge is 0.168 e. The highest BCUT2D eigenvalue weighted by Gasteiger charge is 2.53. The Labute approximate surface area is 113 Å². The molecule has 0 unspecified atom stereocenters. The molecular weight excluding hydrogens is 266 g/mol. The molecule has 2 aromatic rings. The summed E-state index contributed by atoms with van der Waals surface area (Å²) >= 11 is 0. The first-order valence-corrected chi connectivity index (χ1v) is 6.06. The van der Waals surface area contributed by atoms with E-state index in [0.717, 1.165) is 0 Å². The van der Waals surface area contributed by atoms with Crippen LogP contribution in [0.2, 0.25) is 0 Å². The van der Waals surface area contributed by atoms with E-state index in [9.17, 15) is 15.3 Å². The van der Waals surface area contributed by atoms with Crippen LogP contribution in [0.15, 0.2) is 12.7 Å².